The molecule has 0 fully saturated rings. The van der Waals surface area contributed by atoms with Crippen LogP contribution in [-0.4, -0.2) is 32.4 Å². The molecule has 0 radical (unpaired) electrons. The molecule has 0 aliphatic rings. The molecule has 0 saturated carbocycles. The summed E-state index contributed by atoms with van der Waals surface area (Å²) in [5.74, 6) is -1.22. The summed E-state index contributed by atoms with van der Waals surface area (Å²) in [5.41, 5.74) is 1.77. The number of carbonyl (C=O) groups excluding carboxylic acids is 1. The van der Waals surface area contributed by atoms with E-state index in [-0.39, 0.29) is 24.3 Å². The summed E-state index contributed by atoms with van der Waals surface area (Å²) < 4.78 is 6.74. The van der Waals surface area contributed by atoms with Gasteiger partial charge in [-0.25, -0.2) is 0 Å². The van der Waals surface area contributed by atoms with Crippen LogP contribution in [0.1, 0.15) is 36.1 Å². The molecule has 0 saturated heterocycles. The Balaban J connectivity index is 2.21. The van der Waals surface area contributed by atoms with E-state index in [1.165, 1.54) is 0 Å². The monoisotopic (exact) mass is 355 g/mol. The van der Waals surface area contributed by atoms with E-state index in [1.54, 1.807) is 49.1 Å². The Labute approximate surface area is 150 Å². The summed E-state index contributed by atoms with van der Waals surface area (Å²) in [6.07, 6.45) is 1.56. The van der Waals surface area contributed by atoms with Crippen LogP contribution in [0.2, 0.25) is 0 Å². The molecule has 2 heterocycles. The molecule has 1 unspecified atom stereocenters. The second-order valence-corrected chi connectivity index (χ2v) is 6.13. The zero-order valence-electron chi connectivity index (χ0n) is 14.9. The van der Waals surface area contributed by atoms with Crippen molar-refractivity contribution in [3.05, 3.63) is 57.6 Å². The van der Waals surface area contributed by atoms with E-state index in [2.05, 4.69) is 10.1 Å². The van der Waals surface area contributed by atoms with Gasteiger partial charge in [-0.15, -0.1) is 0 Å². The number of benzene rings is 1. The van der Waals surface area contributed by atoms with Gasteiger partial charge in [0, 0.05) is 29.6 Å². The molecule has 7 nitrogen and oxygen atoms in total. The molecule has 1 aromatic carbocycles. The van der Waals surface area contributed by atoms with E-state index in [4.69, 9.17) is 4.74 Å². The number of aromatic hydroxyl groups is 1. The number of aromatic amines is 1. The van der Waals surface area contributed by atoms with E-state index >= 15 is 0 Å². The molecule has 0 aliphatic heterocycles. The van der Waals surface area contributed by atoms with Crippen molar-refractivity contribution in [2.45, 2.75) is 26.2 Å². The first kappa shape index (κ1) is 17.7. The number of hydrogen-bond donors (Lipinski definition) is 2. The van der Waals surface area contributed by atoms with Crippen LogP contribution in [0.4, 0.5) is 0 Å². The van der Waals surface area contributed by atoms with Gasteiger partial charge >= 0.3 is 5.97 Å². The fourth-order valence-electron chi connectivity index (χ4n) is 3.18. The molecule has 3 rings (SSSR count). The van der Waals surface area contributed by atoms with Crippen molar-refractivity contribution in [1.29, 1.82) is 0 Å². The van der Waals surface area contributed by atoms with E-state index in [0.29, 0.717) is 16.5 Å². The van der Waals surface area contributed by atoms with Crippen molar-refractivity contribution in [2.75, 3.05) is 6.61 Å². The fourth-order valence-corrected chi connectivity index (χ4v) is 3.18. The molecule has 1 atom stereocenters. The molecule has 2 N–H and O–H groups in total. The summed E-state index contributed by atoms with van der Waals surface area (Å²) in [4.78, 5) is 27.7. The molecule has 0 amide bonds. The average Bonchev–Trinajstić information content (AvgIpc) is 2.93. The molecule has 2 aromatic heterocycles. The smallest absolute Gasteiger partial charge is 0.306 e. The number of nitrogens with zero attached hydrogens (tertiary/aromatic N) is 2. The minimum absolute atomic E-state index is 0.0602. The average molecular weight is 355 g/mol. The quantitative estimate of drug-likeness (QED) is 0.685. The van der Waals surface area contributed by atoms with Crippen molar-refractivity contribution in [3.63, 3.8) is 0 Å². The predicted molar refractivity (Wildman–Crippen MR) is 97.3 cm³/mol. The normalized spacial score (nSPS) is 12.3. The van der Waals surface area contributed by atoms with Crippen molar-refractivity contribution in [2.24, 2.45) is 7.05 Å². The van der Waals surface area contributed by atoms with Gasteiger partial charge in [0.25, 0.3) is 5.56 Å². The SMILES string of the molecule is CCOC(=O)CC(c1cnn(C)c1C)c1c(O)c2ccccc2[nH]c1=O. The highest BCUT2D eigenvalue weighted by molar-refractivity contribution is 5.86. The van der Waals surface area contributed by atoms with Gasteiger partial charge in [-0.2, -0.15) is 5.10 Å². The van der Waals surface area contributed by atoms with Crippen LogP contribution in [0, 0.1) is 6.92 Å². The van der Waals surface area contributed by atoms with Crippen LogP contribution in [0.25, 0.3) is 10.9 Å². The lowest BCUT2D eigenvalue weighted by molar-refractivity contribution is -0.143. The van der Waals surface area contributed by atoms with Gasteiger partial charge in [0.05, 0.1) is 30.3 Å². The van der Waals surface area contributed by atoms with Gasteiger partial charge in [-0.3, -0.25) is 14.3 Å². The minimum atomic E-state index is -0.656. The maximum absolute atomic E-state index is 12.7. The number of esters is 1. The maximum atomic E-state index is 12.7. The van der Waals surface area contributed by atoms with Gasteiger partial charge in [-0.1, -0.05) is 12.1 Å². The number of aromatic nitrogens is 3. The highest BCUT2D eigenvalue weighted by atomic mass is 16.5. The summed E-state index contributed by atoms with van der Waals surface area (Å²) in [5, 5.41) is 15.5. The molecule has 7 heteroatoms. The van der Waals surface area contributed by atoms with Gasteiger partial charge in [0.1, 0.15) is 5.75 Å². The van der Waals surface area contributed by atoms with Crippen LogP contribution in [0.15, 0.2) is 35.3 Å². The number of pyridine rings is 1. The third-order valence-corrected chi connectivity index (χ3v) is 4.60. The predicted octanol–water partition coefficient (Wildman–Crippen LogP) is 2.36. The molecule has 0 bridgehead atoms. The van der Waals surface area contributed by atoms with E-state index in [1.807, 2.05) is 6.92 Å². The maximum Gasteiger partial charge on any atom is 0.306 e. The lowest BCUT2D eigenvalue weighted by Crippen LogP contribution is -2.21. The standard InChI is InChI=1S/C19H21N3O4/c1-4-26-16(23)9-13(14-10-20-22(3)11(14)2)17-18(24)12-7-5-6-8-15(12)21-19(17)25/h5-8,10,13H,4,9H2,1-3H3,(H2,21,24,25). The van der Waals surface area contributed by atoms with Gasteiger partial charge in [-0.05, 0) is 26.0 Å². The topological polar surface area (TPSA) is 97.2 Å². The Morgan fingerprint density at radius 3 is 2.77 bits per heavy atom. The van der Waals surface area contributed by atoms with Crippen molar-refractivity contribution >= 4 is 16.9 Å². The largest absolute Gasteiger partial charge is 0.507 e. The molecule has 3 aromatic rings. The van der Waals surface area contributed by atoms with Crippen LogP contribution in [0.5, 0.6) is 5.75 Å². The molecule has 0 spiro atoms. The Hall–Kier alpha value is -3.09. The number of para-hydroxylation sites is 1. The van der Waals surface area contributed by atoms with Crippen LogP contribution < -0.4 is 5.56 Å². The van der Waals surface area contributed by atoms with Crippen molar-refractivity contribution < 1.29 is 14.6 Å². The number of H-pyrrole nitrogens is 1. The Morgan fingerprint density at radius 2 is 2.12 bits per heavy atom. The zero-order chi connectivity index (χ0) is 18.8. The Kier molecular flexibility index (Phi) is 4.79. The number of nitrogens with one attached hydrogen (secondary N) is 1. The summed E-state index contributed by atoms with van der Waals surface area (Å²) in [6.45, 7) is 3.83. The van der Waals surface area contributed by atoms with Crippen molar-refractivity contribution in [1.82, 2.24) is 14.8 Å². The van der Waals surface area contributed by atoms with Crippen LogP contribution in [-0.2, 0) is 16.6 Å². The number of fused-ring (bicyclic) bond motifs is 1. The minimum Gasteiger partial charge on any atom is -0.507 e. The molecular weight excluding hydrogens is 334 g/mol. The first-order chi connectivity index (χ1) is 12.4. The number of carbonyl (C=O) groups is 1. The van der Waals surface area contributed by atoms with Crippen LogP contribution >= 0.6 is 0 Å². The molecule has 136 valence electrons. The first-order valence-corrected chi connectivity index (χ1v) is 8.42. The summed E-state index contributed by atoms with van der Waals surface area (Å²) in [6, 6.07) is 7.00. The molecule has 26 heavy (non-hydrogen) atoms. The zero-order valence-corrected chi connectivity index (χ0v) is 14.9. The highest BCUT2D eigenvalue weighted by Crippen LogP contribution is 2.36. The third kappa shape index (κ3) is 3.08. The number of rotatable bonds is 5. The third-order valence-electron chi connectivity index (χ3n) is 4.60. The van der Waals surface area contributed by atoms with Crippen molar-refractivity contribution in [3.8, 4) is 5.75 Å². The molecule has 0 aliphatic carbocycles. The number of hydrogen-bond acceptors (Lipinski definition) is 5. The van der Waals surface area contributed by atoms with E-state index in [9.17, 15) is 14.7 Å². The Morgan fingerprint density at radius 1 is 1.38 bits per heavy atom. The van der Waals surface area contributed by atoms with E-state index < -0.39 is 17.4 Å². The lowest BCUT2D eigenvalue weighted by atomic mass is 9.88. The number of aryl methyl sites for hydroxylation is 1. The molecular formula is C19H21N3O4. The van der Waals surface area contributed by atoms with Gasteiger partial charge < -0.3 is 14.8 Å². The lowest BCUT2D eigenvalue weighted by Gasteiger charge is -2.18. The fraction of sp³-hybridized carbons (Fsp3) is 0.316. The summed E-state index contributed by atoms with van der Waals surface area (Å²) in [7, 11) is 1.78. The van der Waals surface area contributed by atoms with Crippen LogP contribution in [0.3, 0.4) is 0 Å². The summed E-state index contributed by atoms with van der Waals surface area (Å²) >= 11 is 0. The highest BCUT2D eigenvalue weighted by Gasteiger charge is 2.28. The number of ether oxygens (including phenoxy) is 1. The van der Waals surface area contributed by atoms with Gasteiger partial charge in [0.2, 0.25) is 0 Å². The second-order valence-electron chi connectivity index (χ2n) is 6.13. The Bertz CT molecular complexity index is 1020. The van der Waals surface area contributed by atoms with E-state index in [0.717, 1.165) is 5.69 Å². The first-order valence-electron chi connectivity index (χ1n) is 8.42. The van der Waals surface area contributed by atoms with Gasteiger partial charge in [0.15, 0.2) is 0 Å². The second kappa shape index (κ2) is 7.03.